The molecule has 0 radical (unpaired) electrons. The largest absolute Gasteiger partial charge is 0.497 e. The highest BCUT2D eigenvalue weighted by molar-refractivity contribution is 8.00. The van der Waals surface area contributed by atoms with Crippen LogP contribution < -0.4 is 20.7 Å². The van der Waals surface area contributed by atoms with E-state index in [9.17, 15) is 4.79 Å². The van der Waals surface area contributed by atoms with E-state index in [0.29, 0.717) is 10.2 Å². The lowest BCUT2D eigenvalue weighted by Crippen LogP contribution is -2.19. The van der Waals surface area contributed by atoms with E-state index in [2.05, 4.69) is 20.9 Å². The van der Waals surface area contributed by atoms with E-state index in [1.807, 2.05) is 115 Å². The fraction of sp³-hybridized carbons (Fsp3) is 0.0645. The maximum atomic E-state index is 13.5. The van der Waals surface area contributed by atoms with E-state index in [4.69, 9.17) is 17.0 Å². The van der Waals surface area contributed by atoms with Gasteiger partial charge in [-0.2, -0.15) is 0 Å². The number of carbonyl (C=O) groups is 1. The Labute approximate surface area is 246 Å². The number of para-hydroxylation sites is 1. The Morgan fingerprint density at radius 1 is 0.825 bits per heavy atom. The molecule has 3 N–H and O–H groups in total. The van der Waals surface area contributed by atoms with E-state index >= 15 is 0 Å². The molecule has 0 aliphatic heterocycles. The summed E-state index contributed by atoms with van der Waals surface area (Å²) in [4.78, 5) is 19.1. The van der Waals surface area contributed by atoms with Crippen molar-refractivity contribution in [2.75, 3.05) is 23.1 Å². The van der Waals surface area contributed by atoms with E-state index < -0.39 is 5.25 Å². The second-order valence-electron chi connectivity index (χ2n) is 8.63. The van der Waals surface area contributed by atoms with Gasteiger partial charge in [-0.3, -0.25) is 4.79 Å². The summed E-state index contributed by atoms with van der Waals surface area (Å²) in [6.45, 7) is 0. The molecule has 4 aromatic carbocycles. The van der Waals surface area contributed by atoms with Gasteiger partial charge in [-0.1, -0.05) is 48.5 Å². The van der Waals surface area contributed by atoms with E-state index in [1.165, 1.54) is 23.1 Å². The maximum Gasteiger partial charge on any atom is 0.244 e. The van der Waals surface area contributed by atoms with Crippen molar-refractivity contribution in [1.82, 2.24) is 4.98 Å². The van der Waals surface area contributed by atoms with Gasteiger partial charge >= 0.3 is 0 Å². The third-order valence-corrected chi connectivity index (χ3v) is 8.09. The number of benzene rings is 4. The molecule has 5 aromatic rings. The number of nitrogens with zero attached hydrogens (tertiary/aromatic N) is 1. The van der Waals surface area contributed by atoms with Gasteiger partial charge in [0, 0.05) is 27.2 Å². The summed E-state index contributed by atoms with van der Waals surface area (Å²) >= 11 is 8.32. The molecule has 0 saturated heterocycles. The van der Waals surface area contributed by atoms with Gasteiger partial charge in [0.15, 0.2) is 10.2 Å². The summed E-state index contributed by atoms with van der Waals surface area (Å²) in [7, 11) is 1.64. The second kappa shape index (κ2) is 13.3. The van der Waals surface area contributed by atoms with Gasteiger partial charge in [-0.25, -0.2) is 4.98 Å². The van der Waals surface area contributed by atoms with Crippen LogP contribution in [0.15, 0.2) is 119 Å². The lowest BCUT2D eigenvalue weighted by molar-refractivity contribution is -0.115. The molecule has 1 aromatic heterocycles. The number of hydrogen-bond acceptors (Lipinski definition) is 6. The molecule has 0 aliphatic rings. The number of thiazole rings is 1. The topological polar surface area (TPSA) is 75.3 Å². The molecule has 1 amide bonds. The number of hydrogen-bond donors (Lipinski definition) is 3. The summed E-state index contributed by atoms with van der Waals surface area (Å²) in [5, 5.41) is 11.9. The highest BCUT2D eigenvalue weighted by Gasteiger charge is 2.23. The first-order chi connectivity index (χ1) is 19.6. The average molecular weight is 583 g/mol. The van der Waals surface area contributed by atoms with Crippen molar-refractivity contribution in [1.29, 1.82) is 0 Å². The molecule has 5 rings (SSSR count). The Hall–Kier alpha value is -4.18. The molecule has 6 nitrogen and oxygen atoms in total. The molecule has 0 spiro atoms. The number of ether oxygens (including phenoxy) is 1. The van der Waals surface area contributed by atoms with Crippen LogP contribution in [0.2, 0.25) is 0 Å². The fourth-order valence-electron chi connectivity index (χ4n) is 3.87. The highest BCUT2D eigenvalue weighted by Crippen LogP contribution is 2.37. The number of anilines is 3. The molecule has 1 heterocycles. The monoisotopic (exact) mass is 582 g/mol. The van der Waals surface area contributed by atoms with E-state index in [-0.39, 0.29) is 5.91 Å². The normalized spacial score (nSPS) is 11.3. The smallest absolute Gasteiger partial charge is 0.244 e. The average Bonchev–Trinajstić information content (AvgIpc) is 3.46. The predicted octanol–water partition coefficient (Wildman–Crippen LogP) is 8.10. The zero-order chi connectivity index (χ0) is 27.7. The van der Waals surface area contributed by atoms with Crippen molar-refractivity contribution in [2.45, 2.75) is 10.1 Å². The quantitative estimate of drug-likeness (QED) is 0.120. The zero-order valence-electron chi connectivity index (χ0n) is 21.5. The molecule has 1 atom stereocenters. The molecular weight excluding hydrogens is 557 g/mol. The second-order valence-corrected chi connectivity index (χ2v) is 11.1. The number of carbonyl (C=O) groups excluding carboxylic acids is 1. The summed E-state index contributed by atoms with van der Waals surface area (Å²) in [5.41, 5.74) is 4.44. The maximum absolute atomic E-state index is 13.5. The van der Waals surface area contributed by atoms with E-state index in [0.717, 1.165) is 38.8 Å². The van der Waals surface area contributed by atoms with Crippen LogP contribution in [-0.2, 0) is 4.79 Å². The van der Waals surface area contributed by atoms with Crippen LogP contribution in [0.3, 0.4) is 0 Å². The van der Waals surface area contributed by atoms with Crippen LogP contribution in [0.25, 0.3) is 11.3 Å². The van der Waals surface area contributed by atoms with Gasteiger partial charge in [0.2, 0.25) is 5.91 Å². The summed E-state index contributed by atoms with van der Waals surface area (Å²) < 4.78 is 5.24. The summed E-state index contributed by atoms with van der Waals surface area (Å²) in [5.74, 6) is 0.646. The predicted molar refractivity (Wildman–Crippen MR) is 170 cm³/mol. The van der Waals surface area contributed by atoms with Crippen LogP contribution in [0.4, 0.5) is 16.5 Å². The molecular formula is C31H26N4O2S3. The first-order valence-corrected chi connectivity index (χ1v) is 14.6. The molecule has 0 aliphatic carbocycles. The van der Waals surface area contributed by atoms with Gasteiger partial charge in [-0.15, -0.1) is 23.1 Å². The third-order valence-electron chi connectivity index (χ3n) is 5.86. The Balaban J connectivity index is 1.26. The molecule has 9 heteroatoms. The van der Waals surface area contributed by atoms with Crippen molar-refractivity contribution >= 4 is 62.8 Å². The first kappa shape index (κ1) is 27.4. The Kier molecular flexibility index (Phi) is 9.07. The SMILES string of the molecule is COc1ccc(-c2csc(NC(=O)C(Sc3ccc(NC(=S)Nc4ccccc4)cc3)c3ccccc3)n2)cc1. The van der Waals surface area contributed by atoms with Gasteiger partial charge in [0.1, 0.15) is 11.0 Å². The minimum atomic E-state index is -0.464. The van der Waals surface area contributed by atoms with Gasteiger partial charge in [0.05, 0.1) is 12.8 Å². The number of amides is 1. The highest BCUT2D eigenvalue weighted by atomic mass is 32.2. The fourth-order valence-corrected chi connectivity index (χ4v) is 5.85. The number of methoxy groups -OCH3 is 1. The van der Waals surface area contributed by atoms with Gasteiger partial charge in [0.25, 0.3) is 0 Å². The van der Waals surface area contributed by atoms with Gasteiger partial charge in [-0.05, 0) is 78.4 Å². The van der Waals surface area contributed by atoms with Gasteiger partial charge < -0.3 is 20.7 Å². The van der Waals surface area contributed by atoms with E-state index in [1.54, 1.807) is 7.11 Å². The number of nitrogens with one attached hydrogen (secondary N) is 3. The Morgan fingerprint density at radius 3 is 2.10 bits per heavy atom. The molecule has 200 valence electrons. The summed E-state index contributed by atoms with van der Waals surface area (Å²) in [6.07, 6.45) is 0. The Bertz CT molecular complexity index is 1560. The van der Waals surface area contributed by atoms with Crippen molar-refractivity contribution < 1.29 is 9.53 Å². The Morgan fingerprint density at radius 2 is 1.45 bits per heavy atom. The van der Waals surface area contributed by atoms with Crippen molar-refractivity contribution in [2.24, 2.45) is 0 Å². The van der Waals surface area contributed by atoms with Crippen LogP contribution in [0.1, 0.15) is 10.8 Å². The van der Waals surface area contributed by atoms with Crippen molar-refractivity contribution in [3.05, 3.63) is 120 Å². The standard InChI is InChI=1S/C31H26N4O2S3/c1-37-25-16-12-21(13-17-25)27-20-39-31(34-27)35-29(36)28(22-8-4-2-5-9-22)40-26-18-14-24(15-19-26)33-30(38)32-23-10-6-3-7-11-23/h2-20,28H,1H3,(H2,32,33,38)(H,34,35,36). The number of rotatable bonds is 9. The van der Waals surface area contributed by atoms with Crippen molar-refractivity contribution in [3.63, 3.8) is 0 Å². The number of thioether (sulfide) groups is 1. The first-order valence-electron chi connectivity index (χ1n) is 12.4. The van der Waals surface area contributed by atoms with Crippen LogP contribution in [0, 0.1) is 0 Å². The molecule has 0 saturated carbocycles. The van der Waals surface area contributed by atoms with Crippen LogP contribution in [-0.4, -0.2) is 23.1 Å². The number of thiocarbonyl (C=S) groups is 1. The number of aromatic nitrogens is 1. The molecule has 1 unspecified atom stereocenters. The van der Waals surface area contributed by atoms with Crippen LogP contribution in [0.5, 0.6) is 5.75 Å². The molecule has 0 bridgehead atoms. The summed E-state index contributed by atoms with van der Waals surface area (Å²) in [6, 6.07) is 35.0. The lowest BCUT2D eigenvalue weighted by Gasteiger charge is -2.17. The molecule has 40 heavy (non-hydrogen) atoms. The van der Waals surface area contributed by atoms with Crippen LogP contribution >= 0.6 is 35.3 Å². The lowest BCUT2D eigenvalue weighted by atomic mass is 10.1. The minimum Gasteiger partial charge on any atom is -0.497 e. The third kappa shape index (κ3) is 7.26. The minimum absolute atomic E-state index is 0.137. The zero-order valence-corrected chi connectivity index (χ0v) is 24.0. The molecule has 0 fully saturated rings. The van der Waals surface area contributed by atoms with Crippen molar-refractivity contribution in [3.8, 4) is 17.0 Å².